The predicted octanol–water partition coefficient (Wildman–Crippen LogP) is 4.25. The fourth-order valence-electron chi connectivity index (χ4n) is 1.40. The van der Waals surface area contributed by atoms with Crippen LogP contribution in [0.15, 0.2) is 55.0 Å². The van der Waals surface area contributed by atoms with E-state index in [1.54, 1.807) is 0 Å². The Labute approximate surface area is 118 Å². The monoisotopic (exact) mass is 357 g/mol. The third-order valence-electron chi connectivity index (χ3n) is 2.34. The predicted molar refractivity (Wildman–Crippen MR) is 87.3 cm³/mol. The summed E-state index contributed by atoms with van der Waals surface area (Å²) < 4.78 is 19.0. The van der Waals surface area contributed by atoms with Gasteiger partial charge in [0, 0.05) is 21.4 Å². The second-order valence-electron chi connectivity index (χ2n) is 3.67. The fraction of sp³-hybridized carbons (Fsp3) is 0.133. The quantitative estimate of drug-likeness (QED) is 0.593. The van der Waals surface area contributed by atoms with E-state index in [1.807, 2.05) is 31.2 Å². The molecule has 1 rings (SSSR count). The Morgan fingerprint density at radius 1 is 1.33 bits per heavy atom. The van der Waals surface area contributed by atoms with Crippen LogP contribution in [0.25, 0.3) is 5.57 Å². The first-order valence-corrected chi connectivity index (χ1v) is 8.17. The van der Waals surface area contributed by atoms with Crippen molar-refractivity contribution in [2.45, 2.75) is 6.92 Å². The Hall–Kier alpha value is -1.23. The number of nitrogens with one attached hydrogen (secondary N) is 1. The molecule has 0 heterocycles. The molecule has 0 fully saturated rings. The van der Waals surface area contributed by atoms with Crippen molar-refractivity contribution in [2.75, 3.05) is 6.54 Å². The van der Waals surface area contributed by atoms with Gasteiger partial charge < -0.3 is 5.32 Å². The number of halogens is 2. The molecule has 0 amide bonds. The Balaban J connectivity index is 2.85. The zero-order chi connectivity index (χ0) is 13.5. The Morgan fingerprint density at radius 2 is 1.94 bits per heavy atom. The maximum Gasteiger partial charge on any atom is 0.132 e. The Kier molecular flexibility index (Phi) is 5.98. The molecular formula is C15H17FIN. The van der Waals surface area contributed by atoms with E-state index < -0.39 is 0 Å². The number of benzene rings is 1. The van der Waals surface area contributed by atoms with Gasteiger partial charge in [0.25, 0.3) is 0 Å². The third-order valence-corrected chi connectivity index (χ3v) is 3.94. The van der Waals surface area contributed by atoms with Crippen molar-refractivity contribution in [3.63, 3.8) is 0 Å². The fourth-order valence-corrected chi connectivity index (χ4v) is 2.26. The van der Waals surface area contributed by atoms with E-state index in [1.165, 1.54) is 9.65 Å². The first-order chi connectivity index (χ1) is 8.58. The van der Waals surface area contributed by atoms with Gasteiger partial charge in [-0.1, -0.05) is 50.5 Å². The van der Waals surface area contributed by atoms with Gasteiger partial charge >= 0.3 is 0 Å². The van der Waals surface area contributed by atoms with Crippen LogP contribution in [0.5, 0.6) is 0 Å². The largest absolute Gasteiger partial charge is 0.386 e. The molecule has 96 valence electrons. The van der Waals surface area contributed by atoms with Crippen molar-refractivity contribution >= 4 is 30.8 Å². The van der Waals surface area contributed by atoms with Crippen molar-refractivity contribution in [2.24, 2.45) is 0 Å². The molecule has 1 N–H and O–H groups in total. The summed E-state index contributed by atoms with van der Waals surface area (Å²) >= 11 is -0.171. The maximum absolute atomic E-state index is 13.9. The van der Waals surface area contributed by atoms with Crippen molar-refractivity contribution in [1.29, 1.82) is 0 Å². The molecule has 1 aromatic carbocycles. The van der Waals surface area contributed by atoms with E-state index in [4.69, 9.17) is 0 Å². The standard InChI is InChI=1S/C15H17FIN/c1-5-18-11(2)10-15(16)12(3)13-6-8-14(17-4)9-7-13/h6-10,18H,2-5H2,1H3/b15-10+. The summed E-state index contributed by atoms with van der Waals surface area (Å²) in [6.07, 6.45) is 1.37. The molecular weight excluding hydrogens is 340 g/mol. The summed E-state index contributed by atoms with van der Waals surface area (Å²) in [4.78, 5) is 0. The highest BCUT2D eigenvalue weighted by Crippen LogP contribution is 2.24. The molecule has 0 aromatic heterocycles. The van der Waals surface area contributed by atoms with Crippen LogP contribution in [-0.2, 0) is 0 Å². The minimum Gasteiger partial charge on any atom is -0.386 e. The number of likely N-dealkylation sites (N-methyl/N-ethyl adjacent to an activating group) is 1. The summed E-state index contributed by atoms with van der Waals surface area (Å²) in [5, 5.41) is 2.95. The minimum atomic E-state index is -0.363. The second-order valence-corrected chi connectivity index (χ2v) is 5.68. The molecule has 0 aliphatic carbocycles. The van der Waals surface area contributed by atoms with Gasteiger partial charge in [0.1, 0.15) is 5.83 Å². The molecule has 3 heteroatoms. The highest BCUT2D eigenvalue weighted by atomic mass is 127. The second kappa shape index (κ2) is 7.26. The van der Waals surface area contributed by atoms with E-state index in [0.29, 0.717) is 11.3 Å². The Morgan fingerprint density at radius 3 is 2.44 bits per heavy atom. The van der Waals surface area contributed by atoms with Crippen LogP contribution in [-0.4, -0.2) is 11.1 Å². The molecule has 1 nitrogen and oxygen atoms in total. The van der Waals surface area contributed by atoms with Gasteiger partial charge in [0.05, 0.1) is 0 Å². The van der Waals surface area contributed by atoms with E-state index in [-0.39, 0.29) is 26.6 Å². The number of allylic oxidation sites excluding steroid dienone is 3. The van der Waals surface area contributed by atoms with Gasteiger partial charge in [0.2, 0.25) is 0 Å². The molecule has 0 bridgehead atoms. The van der Waals surface area contributed by atoms with Gasteiger partial charge in [-0.2, -0.15) is 0 Å². The van der Waals surface area contributed by atoms with Crippen LogP contribution in [0, 0.1) is 3.57 Å². The molecule has 0 radical (unpaired) electrons. The lowest BCUT2D eigenvalue weighted by Gasteiger charge is -2.06. The van der Waals surface area contributed by atoms with Gasteiger partial charge in [-0.3, -0.25) is 0 Å². The SMILES string of the molecule is C=Ic1ccc(C(=C)/C(F)=C\C(=C)NCC)cc1. The van der Waals surface area contributed by atoms with Crippen LogP contribution in [0.1, 0.15) is 12.5 Å². The Bertz CT molecular complexity index is 486. The molecule has 0 spiro atoms. The van der Waals surface area contributed by atoms with Crippen molar-refractivity contribution in [3.05, 3.63) is 64.2 Å². The van der Waals surface area contributed by atoms with Crippen molar-refractivity contribution in [3.8, 4) is 0 Å². The number of hydrogen-bond donors (Lipinski definition) is 1. The summed E-state index contributed by atoms with van der Waals surface area (Å²) in [5.74, 6) is -0.363. The summed E-state index contributed by atoms with van der Waals surface area (Å²) in [6, 6.07) is 7.72. The van der Waals surface area contributed by atoms with Gasteiger partial charge in [0.15, 0.2) is 0 Å². The lowest BCUT2D eigenvalue weighted by molar-refractivity contribution is 0.670. The van der Waals surface area contributed by atoms with Crippen molar-refractivity contribution < 1.29 is 4.39 Å². The van der Waals surface area contributed by atoms with Gasteiger partial charge in [-0.25, -0.2) is 4.39 Å². The summed E-state index contributed by atoms with van der Waals surface area (Å²) in [7, 11) is 0. The zero-order valence-electron chi connectivity index (χ0n) is 10.5. The summed E-state index contributed by atoms with van der Waals surface area (Å²) in [6.45, 7) is 10.1. The molecule has 0 aliphatic rings. The highest BCUT2D eigenvalue weighted by molar-refractivity contribution is 14.2. The van der Waals surface area contributed by atoms with E-state index in [0.717, 1.165) is 12.1 Å². The molecule has 0 atom stereocenters. The maximum atomic E-state index is 13.9. The van der Waals surface area contributed by atoms with Crippen LogP contribution in [0.4, 0.5) is 4.39 Å². The molecule has 0 saturated heterocycles. The molecule has 1 aromatic rings. The van der Waals surface area contributed by atoms with E-state index in [9.17, 15) is 4.39 Å². The smallest absolute Gasteiger partial charge is 0.132 e. The minimum absolute atomic E-state index is 0.171. The third kappa shape index (κ3) is 4.22. The zero-order valence-corrected chi connectivity index (χ0v) is 12.6. The van der Waals surface area contributed by atoms with Crippen LogP contribution >= 0.6 is 20.7 Å². The number of rotatable bonds is 6. The molecule has 0 unspecified atom stereocenters. The lowest BCUT2D eigenvalue weighted by atomic mass is 10.1. The average Bonchev–Trinajstić information content (AvgIpc) is 2.38. The van der Waals surface area contributed by atoms with E-state index >= 15 is 0 Å². The highest BCUT2D eigenvalue weighted by Gasteiger charge is 2.05. The molecule has 18 heavy (non-hydrogen) atoms. The van der Waals surface area contributed by atoms with Crippen LogP contribution in [0.3, 0.4) is 0 Å². The average molecular weight is 357 g/mol. The van der Waals surface area contributed by atoms with E-state index in [2.05, 4.69) is 23.0 Å². The first kappa shape index (κ1) is 14.8. The van der Waals surface area contributed by atoms with Gasteiger partial charge in [-0.15, -0.1) is 0 Å². The lowest BCUT2D eigenvalue weighted by Crippen LogP contribution is -2.09. The van der Waals surface area contributed by atoms with Crippen LogP contribution < -0.4 is 5.32 Å². The van der Waals surface area contributed by atoms with Gasteiger partial charge in [-0.05, 0) is 30.7 Å². The topological polar surface area (TPSA) is 12.0 Å². The normalized spacial score (nSPS) is 11.1. The first-order valence-electron chi connectivity index (χ1n) is 5.56. The van der Waals surface area contributed by atoms with Crippen LogP contribution in [0.2, 0.25) is 0 Å². The molecule has 0 saturated carbocycles. The summed E-state index contributed by atoms with van der Waals surface area (Å²) in [5.41, 5.74) is 1.72. The number of hydrogen-bond acceptors (Lipinski definition) is 1. The molecule has 0 aliphatic heterocycles. The van der Waals surface area contributed by atoms with Crippen molar-refractivity contribution in [1.82, 2.24) is 5.32 Å².